The van der Waals surface area contributed by atoms with Crippen molar-refractivity contribution in [1.82, 2.24) is 0 Å². The van der Waals surface area contributed by atoms with E-state index >= 15 is 0 Å². The Bertz CT molecular complexity index is 598. The first kappa shape index (κ1) is 37.1. The highest BCUT2D eigenvalue weighted by molar-refractivity contribution is 5.30. The van der Waals surface area contributed by atoms with Gasteiger partial charge in [0.1, 0.15) is 5.75 Å². The van der Waals surface area contributed by atoms with Gasteiger partial charge in [0, 0.05) is 0 Å². The lowest BCUT2D eigenvalue weighted by molar-refractivity contribution is -0.116. The summed E-state index contributed by atoms with van der Waals surface area (Å²) in [5, 5.41) is 0. The van der Waals surface area contributed by atoms with Crippen LogP contribution in [0.25, 0.3) is 0 Å². The van der Waals surface area contributed by atoms with E-state index in [1.165, 1.54) is 56.9 Å². The SMILES string of the molecule is CC.CC(Oc1ccc(C(CC(C)(C)C)C(C)(C)C)cc1)OC1CCCCC1.CCC.CCC(C)C. The van der Waals surface area contributed by atoms with Crippen LogP contribution in [-0.4, -0.2) is 12.4 Å². The van der Waals surface area contributed by atoms with Crippen molar-refractivity contribution in [2.24, 2.45) is 16.7 Å². The molecule has 36 heavy (non-hydrogen) atoms. The third kappa shape index (κ3) is 19.1. The lowest BCUT2D eigenvalue weighted by Crippen LogP contribution is -2.26. The van der Waals surface area contributed by atoms with Crippen molar-refractivity contribution in [3.05, 3.63) is 29.8 Å². The molecule has 1 saturated carbocycles. The normalized spacial score (nSPS) is 15.9. The van der Waals surface area contributed by atoms with E-state index < -0.39 is 0 Å². The number of hydrogen-bond acceptors (Lipinski definition) is 2. The van der Waals surface area contributed by atoms with E-state index in [1.807, 2.05) is 20.8 Å². The van der Waals surface area contributed by atoms with Gasteiger partial charge < -0.3 is 9.47 Å². The van der Waals surface area contributed by atoms with Crippen LogP contribution < -0.4 is 4.74 Å². The molecular formula is C34H66O2. The molecular weight excluding hydrogens is 440 g/mol. The molecule has 0 bridgehead atoms. The summed E-state index contributed by atoms with van der Waals surface area (Å²) in [6, 6.07) is 8.70. The van der Waals surface area contributed by atoms with Gasteiger partial charge in [-0.25, -0.2) is 0 Å². The Hall–Kier alpha value is -1.02. The molecule has 0 saturated heterocycles. The van der Waals surface area contributed by atoms with Crippen LogP contribution in [0.5, 0.6) is 5.75 Å². The van der Waals surface area contributed by atoms with Crippen LogP contribution in [0.3, 0.4) is 0 Å². The fourth-order valence-corrected chi connectivity index (χ4v) is 4.01. The van der Waals surface area contributed by atoms with Gasteiger partial charge in [-0.3, -0.25) is 0 Å². The van der Waals surface area contributed by atoms with Gasteiger partial charge in [0.2, 0.25) is 0 Å². The first-order valence-electron chi connectivity index (χ1n) is 15.1. The van der Waals surface area contributed by atoms with Crippen LogP contribution in [0.2, 0.25) is 0 Å². The lowest BCUT2D eigenvalue weighted by Gasteiger charge is -2.36. The molecule has 1 fully saturated rings. The maximum Gasteiger partial charge on any atom is 0.197 e. The molecule has 0 aromatic heterocycles. The summed E-state index contributed by atoms with van der Waals surface area (Å²) in [5.74, 6) is 2.32. The Morgan fingerprint density at radius 1 is 0.806 bits per heavy atom. The monoisotopic (exact) mass is 507 g/mol. The topological polar surface area (TPSA) is 18.5 Å². The summed E-state index contributed by atoms with van der Waals surface area (Å²) in [5.41, 5.74) is 1.96. The van der Waals surface area contributed by atoms with E-state index in [2.05, 4.69) is 100 Å². The van der Waals surface area contributed by atoms with Crippen LogP contribution in [0.1, 0.15) is 160 Å². The number of hydrogen-bond donors (Lipinski definition) is 0. The molecule has 214 valence electrons. The zero-order valence-electron chi connectivity index (χ0n) is 27.1. The average molecular weight is 507 g/mol. The predicted molar refractivity (Wildman–Crippen MR) is 163 cm³/mol. The van der Waals surface area contributed by atoms with Crippen LogP contribution in [0, 0.1) is 16.7 Å². The van der Waals surface area contributed by atoms with Crippen LogP contribution >= 0.6 is 0 Å². The Labute approximate surface area is 228 Å². The number of ether oxygens (including phenoxy) is 2. The van der Waals surface area contributed by atoms with E-state index in [-0.39, 0.29) is 11.7 Å². The Morgan fingerprint density at radius 2 is 1.25 bits per heavy atom. The average Bonchev–Trinajstić information content (AvgIpc) is 2.80. The van der Waals surface area contributed by atoms with Crippen molar-refractivity contribution in [2.45, 2.75) is 167 Å². The molecule has 1 aliphatic rings. The molecule has 2 unspecified atom stereocenters. The molecule has 0 amide bonds. The van der Waals surface area contributed by atoms with Gasteiger partial charge in [-0.2, -0.15) is 0 Å². The molecule has 2 atom stereocenters. The van der Waals surface area contributed by atoms with Crippen LogP contribution in [0.15, 0.2) is 24.3 Å². The second kappa shape index (κ2) is 20.0. The first-order valence-corrected chi connectivity index (χ1v) is 15.1. The summed E-state index contributed by atoms with van der Waals surface area (Å²) in [6.45, 7) is 30.9. The second-order valence-electron chi connectivity index (χ2n) is 12.8. The molecule has 2 nitrogen and oxygen atoms in total. The fraction of sp³-hybridized carbons (Fsp3) is 0.824. The van der Waals surface area contributed by atoms with Crippen LogP contribution in [-0.2, 0) is 4.74 Å². The maximum atomic E-state index is 6.07. The van der Waals surface area contributed by atoms with E-state index in [4.69, 9.17) is 9.47 Å². The van der Waals surface area contributed by atoms with Crippen molar-refractivity contribution in [2.75, 3.05) is 0 Å². The minimum absolute atomic E-state index is 0.183. The maximum absolute atomic E-state index is 6.07. The summed E-state index contributed by atoms with van der Waals surface area (Å²) >= 11 is 0. The largest absolute Gasteiger partial charge is 0.465 e. The minimum Gasteiger partial charge on any atom is -0.465 e. The first-order chi connectivity index (χ1) is 16.7. The zero-order valence-corrected chi connectivity index (χ0v) is 27.1. The van der Waals surface area contributed by atoms with Gasteiger partial charge in [0.05, 0.1) is 6.10 Å². The molecule has 0 N–H and O–H groups in total. The van der Waals surface area contributed by atoms with E-state index in [9.17, 15) is 0 Å². The quantitative estimate of drug-likeness (QED) is 0.342. The Balaban J connectivity index is 0. The third-order valence-corrected chi connectivity index (χ3v) is 6.20. The van der Waals surface area contributed by atoms with Crippen LogP contribution in [0.4, 0.5) is 0 Å². The summed E-state index contributed by atoms with van der Waals surface area (Å²) in [7, 11) is 0. The number of benzene rings is 1. The van der Waals surface area contributed by atoms with Gasteiger partial charge in [-0.05, 0) is 66.5 Å². The van der Waals surface area contributed by atoms with Gasteiger partial charge in [-0.1, -0.05) is 134 Å². The van der Waals surface area contributed by atoms with Crippen molar-refractivity contribution in [3.8, 4) is 5.75 Å². The third-order valence-electron chi connectivity index (χ3n) is 6.20. The molecule has 2 rings (SSSR count). The molecule has 0 aliphatic heterocycles. The fourth-order valence-electron chi connectivity index (χ4n) is 4.01. The second-order valence-corrected chi connectivity index (χ2v) is 12.8. The summed E-state index contributed by atoms with van der Waals surface area (Å²) in [4.78, 5) is 0. The smallest absolute Gasteiger partial charge is 0.197 e. The van der Waals surface area contributed by atoms with Crippen molar-refractivity contribution in [1.29, 1.82) is 0 Å². The molecule has 0 spiro atoms. The van der Waals surface area contributed by atoms with E-state index in [1.54, 1.807) is 0 Å². The molecule has 2 heteroatoms. The summed E-state index contributed by atoms with van der Waals surface area (Å²) < 4.78 is 12.1. The summed E-state index contributed by atoms with van der Waals surface area (Å²) in [6.07, 6.45) is 10.2. The van der Waals surface area contributed by atoms with Crippen molar-refractivity contribution in [3.63, 3.8) is 0 Å². The molecule has 0 heterocycles. The Morgan fingerprint density at radius 3 is 1.61 bits per heavy atom. The highest BCUT2D eigenvalue weighted by Gasteiger charge is 2.30. The molecule has 1 aromatic carbocycles. The Kier molecular flexibility index (Phi) is 20.6. The molecule has 1 aromatic rings. The molecule has 0 radical (unpaired) electrons. The van der Waals surface area contributed by atoms with E-state index in [0.29, 0.717) is 17.4 Å². The zero-order chi connectivity index (χ0) is 28.4. The highest BCUT2D eigenvalue weighted by atomic mass is 16.7. The van der Waals surface area contributed by atoms with Crippen molar-refractivity contribution >= 4 is 0 Å². The minimum atomic E-state index is -0.183. The van der Waals surface area contributed by atoms with Gasteiger partial charge in [-0.15, -0.1) is 0 Å². The lowest BCUT2D eigenvalue weighted by atomic mass is 9.69. The van der Waals surface area contributed by atoms with Gasteiger partial charge in [0.15, 0.2) is 6.29 Å². The van der Waals surface area contributed by atoms with Gasteiger partial charge in [0.25, 0.3) is 0 Å². The molecule has 1 aliphatic carbocycles. The predicted octanol–water partition coefficient (Wildman–Crippen LogP) is 11.8. The standard InChI is InChI=1S/C24H40O2.C5H12.C3H8.C2H6/c1-18(25-20-11-9-8-10-12-20)26-21-15-13-19(14-16-21)22(24(5,6)7)17-23(2,3)4;1-4-5(2)3;1-3-2;1-2/h13-16,18,20,22H,8-12,17H2,1-7H3;5H,4H2,1-3H3;3H2,1-2H3;1-2H3. The van der Waals surface area contributed by atoms with E-state index in [0.717, 1.165) is 11.7 Å². The number of rotatable bonds is 7. The van der Waals surface area contributed by atoms with Gasteiger partial charge >= 0.3 is 0 Å². The van der Waals surface area contributed by atoms with Crippen molar-refractivity contribution < 1.29 is 9.47 Å². The highest BCUT2D eigenvalue weighted by Crippen LogP contribution is 2.43.